The molecule has 3 atom stereocenters. The molecule has 98 valence electrons. The maximum absolute atomic E-state index is 4.79. The van der Waals surface area contributed by atoms with Crippen LogP contribution in [-0.4, -0.2) is 9.81 Å². The van der Waals surface area contributed by atoms with Gasteiger partial charge in [0.05, 0.1) is 5.52 Å². The first kappa shape index (κ1) is 11.9. The van der Waals surface area contributed by atoms with E-state index < -0.39 is 0 Å². The van der Waals surface area contributed by atoms with Gasteiger partial charge in [-0.3, -0.25) is 4.98 Å². The monoisotopic (exact) mass is 315 g/mol. The van der Waals surface area contributed by atoms with Gasteiger partial charge in [0.15, 0.2) is 0 Å². The number of halogens is 1. The average molecular weight is 316 g/mol. The van der Waals surface area contributed by atoms with E-state index in [9.17, 15) is 0 Å². The predicted octanol–water partition coefficient (Wildman–Crippen LogP) is 4.59. The Hall–Kier alpha value is -0.890. The van der Waals surface area contributed by atoms with Crippen LogP contribution in [0.2, 0.25) is 0 Å². The van der Waals surface area contributed by atoms with Crippen molar-refractivity contribution in [3.8, 4) is 0 Å². The van der Waals surface area contributed by atoms with E-state index in [1.165, 1.54) is 30.3 Å². The van der Waals surface area contributed by atoms with Gasteiger partial charge in [-0.1, -0.05) is 46.6 Å². The molecule has 0 saturated heterocycles. The van der Waals surface area contributed by atoms with Gasteiger partial charge in [0.25, 0.3) is 0 Å². The number of hydrogen-bond donors (Lipinski definition) is 0. The minimum absolute atomic E-state index is 0.622. The highest BCUT2D eigenvalue weighted by Crippen LogP contribution is 2.60. The lowest BCUT2D eigenvalue weighted by Crippen LogP contribution is -2.10. The van der Waals surface area contributed by atoms with Gasteiger partial charge in [-0.15, -0.1) is 0 Å². The normalized spacial score (nSPS) is 30.3. The summed E-state index contributed by atoms with van der Waals surface area (Å²) < 4.78 is 0. The number of aromatic nitrogens is 1. The lowest BCUT2D eigenvalue weighted by Gasteiger charge is -2.11. The summed E-state index contributed by atoms with van der Waals surface area (Å²) in [6.45, 7) is 0. The van der Waals surface area contributed by atoms with E-state index >= 15 is 0 Å². The van der Waals surface area contributed by atoms with E-state index in [0.29, 0.717) is 4.83 Å². The minimum Gasteiger partial charge on any atom is -0.253 e. The number of nitrogens with zero attached hydrogens (tertiary/aromatic N) is 1. The topological polar surface area (TPSA) is 12.9 Å². The molecule has 1 aromatic heterocycles. The number of pyridine rings is 1. The fraction of sp³-hybridized carbons (Fsp3) is 0.471. The Kier molecular flexibility index (Phi) is 2.87. The Morgan fingerprint density at radius 2 is 1.89 bits per heavy atom. The molecule has 2 heteroatoms. The lowest BCUT2D eigenvalue weighted by molar-refractivity contribution is 0.567. The molecule has 4 rings (SSSR count). The number of rotatable bonds is 3. The lowest BCUT2D eigenvalue weighted by atomic mass is 10.0. The molecular weight excluding hydrogens is 298 g/mol. The van der Waals surface area contributed by atoms with Crippen LogP contribution in [0.15, 0.2) is 36.4 Å². The molecule has 0 amide bonds. The SMILES string of the molecule is BrC(Cc1ccc2ccccc2n1)C1C2CCCC21. The van der Waals surface area contributed by atoms with Crippen molar-refractivity contribution in [2.45, 2.75) is 30.5 Å². The Bertz CT molecular complexity index is 599. The highest BCUT2D eigenvalue weighted by atomic mass is 79.9. The van der Waals surface area contributed by atoms with E-state index in [4.69, 9.17) is 4.98 Å². The van der Waals surface area contributed by atoms with Crippen molar-refractivity contribution >= 4 is 26.8 Å². The summed E-state index contributed by atoms with van der Waals surface area (Å²) in [5.41, 5.74) is 2.35. The molecule has 2 aromatic rings. The highest BCUT2D eigenvalue weighted by Gasteiger charge is 2.55. The van der Waals surface area contributed by atoms with Crippen LogP contribution < -0.4 is 0 Å². The third kappa shape index (κ3) is 2.10. The molecule has 2 saturated carbocycles. The molecule has 1 aromatic carbocycles. The number of alkyl halides is 1. The third-order valence-corrected chi connectivity index (χ3v) is 5.88. The van der Waals surface area contributed by atoms with Crippen molar-refractivity contribution in [2.75, 3.05) is 0 Å². The highest BCUT2D eigenvalue weighted by molar-refractivity contribution is 9.09. The van der Waals surface area contributed by atoms with Crippen molar-refractivity contribution in [1.29, 1.82) is 0 Å². The second kappa shape index (κ2) is 4.59. The number of hydrogen-bond acceptors (Lipinski definition) is 1. The van der Waals surface area contributed by atoms with Gasteiger partial charge in [-0.2, -0.15) is 0 Å². The van der Waals surface area contributed by atoms with Gasteiger partial charge >= 0.3 is 0 Å². The third-order valence-electron chi connectivity index (χ3n) is 4.95. The molecule has 3 unspecified atom stereocenters. The molecule has 1 heterocycles. The van der Waals surface area contributed by atoms with E-state index in [2.05, 4.69) is 52.3 Å². The Balaban J connectivity index is 1.51. The maximum atomic E-state index is 4.79. The molecule has 1 nitrogen and oxygen atoms in total. The van der Waals surface area contributed by atoms with Gasteiger partial charge in [0.2, 0.25) is 0 Å². The van der Waals surface area contributed by atoms with Gasteiger partial charge < -0.3 is 0 Å². The summed E-state index contributed by atoms with van der Waals surface area (Å²) in [6, 6.07) is 12.8. The van der Waals surface area contributed by atoms with E-state index in [-0.39, 0.29) is 0 Å². The zero-order valence-electron chi connectivity index (χ0n) is 10.9. The first-order valence-corrected chi connectivity index (χ1v) is 8.23. The van der Waals surface area contributed by atoms with Crippen LogP contribution in [0.25, 0.3) is 10.9 Å². The van der Waals surface area contributed by atoms with Crippen molar-refractivity contribution in [3.05, 3.63) is 42.1 Å². The first-order chi connectivity index (χ1) is 9.33. The number of fused-ring (bicyclic) bond motifs is 2. The molecule has 2 aliphatic carbocycles. The minimum atomic E-state index is 0.622. The molecule has 0 aliphatic heterocycles. The first-order valence-electron chi connectivity index (χ1n) is 7.32. The molecular formula is C17H18BrN. The molecule has 0 radical (unpaired) electrons. The van der Waals surface area contributed by atoms with Crippen LogP contribution in [0.4, 0.5) is 0 Å². The average Bonchev–Trinajstić information content (AvgIpc) is 2.93. The summed E-state index contributed by atoms with van der Waals surface area (Å²) in [5.74, 6) is 2.96. The Morgan fingerprint density at radius 1 is 1.11 bits per heavy atom. The summed E-state index contributed by atoms with van der Waals surface area (Å²) in [5, 5.41) is 1.24. The summed E-state index contributed by atoms with van der Waals surface area (Å²) in [4.78, 5) is 5.41. The molecule has 19 heavy (non-hydrogen) atoms. The molecule has 0 spiro atoms. The van der Waals surface area contributed by atoms with Gasteiger partial charge in [0, 0.05) is 22.3 Å². The molecule has 2 fully saturated rings. The van der Waals surface area contributed by atoms with Crippen LogP contribution in [-0.2, 0) is 6.42 Å². The smallest absolute Gasteiger partial charge is 0.0705 e. The van der Waals surface area contributed by atoms with Crippen LogP contribution in [0.1, 0.15) is 25.0 Å². The number of benzene rings is 1. The maximum Gasteiger partial charge on any atom is 0.0705 e. The quantitative estimate of drug-likeness (QED) is 0.755. The molecule has 0 bridgehead atoms. The van der Waals surface area contributed by atoms with Crippen LogP contribution in [0.3, 0.4) is 0 Å². The van der Waals surface area contributed by atoms with Gasteiger partial charge in [0.1, 0.15) is 0 Å². The zero-order chi connectivity index (χ0) is 12.8. The standard InChI is InChI=1S/C17H18BrN/c18-15(17-13-5-3-6-14(13)17)10-12-9-8-11-4-1-2-7-16(11)19-12/h1-2,4,7-9,13-15,17H,3,5-6,10H2. The van der Waals surface area contributed by atoms with Crippen molar-refractivity contribution in [3.63, 3.8) is 0 Å². The van der Waals surface area contributed by atoms with Crippen molar-refractivity contribution < 1.29 is 0 Å². The molecule has 2 aliphatic rings. The van der Waals surface area contributed by atoms with Gasteiger partial charge in [-0.05, 0) is 42.7 Å². The van der Waals surface area contributed by atoms with E-state index in [1.54, 1.807) is 0 Å². The second-order valence-electron chi connectivity index (χ2n) is 6.05. The summed E-state index contributed by atoms with van der Waals surface area (Å²) >= 11 is 3.92. The van der Waals surface area contributed by atoms with Crippen molar-refractivity contribution in [1.82, 2.24) is 4.98 Å². The fourth-order valence-corrected chi connectivity index (χ4v) is 5.09. The summed E-state index contributed by atoms with van der Waals surface area (Å²) in [7, 11) is 0. The largest absolute Gasteiger partial charge is 0.253 e. The summed E-state index contributed by atoms with van der Waals surface area (Å²) in [6.07, 6.45) is 5.45. The van der Waals surface area contributed by atoms with E-state index in [0.717, 1.165) is 29.7 Å². The number of para-hydroxylation sites is 1. The predicted molar refractivity (Wildman–Crippen MR) is 82.5 cm³/mol. The van der Waals surface area contributed by atoms with Crippen LogP contribution in [0, 0.1) is 17.8 Å². The second-order valence-corrected chi connectivity index (χ2v) is 7.23. The van der Waals surface area contributed by atoms with Crippen molar-refractivity contribution in [2.24, 2.45) is 17.8 Å². The zero-order valence-corrected chi connectivity index (χ0v) is 12.5. The fourth-order valence-electron chi connectivity index (χ4n) is 3.97. The van der Waals surface area contributed by atoms with E-state index in [1.807, 2.05) is 0 Å². The Labute approximate surface area is 122 Å². The Morgan fingerprint density at radius 3 is 2.74 bits per heavy atom. The van der Waals surface area contributed by atoms with Crippen LogP contribution in [0.5, 0.6) is 0 Å². The van der Waals surface area contributed by atoms with Crippen LogP contribution >= 0.6 is 15.9 Å². The van der Waals surface area contributed by atoms with Gasteiger partial charge in [-0.25, -0.2) is 0 Å². The molecule has 0 N–H and O–H groups in total.